The molecule has 0 bridgehead atoms. The van der Waals surface area contributed by atoms with Crippen molar-refractivity contribution in [1.29, 1.82) is 0 Å². The standard InChI is InChI=1S/C37H39N2O5/c1-37(2,36(38)42)24-34(40)33(23-28-15-20-32(21-16-28)44-26-30-11-7-4-8-12-30)39-35(41)22-17-27-13-18-31(19-14-27)43-25-29-9-5-3-6-10-29/h3-16,18-22,33H,17,23-26H2,1-2H3,(H2,38,42)(H,39,41). The molecule has 4 rings (SSSR count). The second-order valence-electron chi connectivity index (χ2n) is 11.4. The zero-order valence-electron chi connectivity index (χ0n) is 25.2. The molecule has 0 aliphatic carbocycles. The maximum Gasteiger partial charge on any atom is 0.224 e. The van der Waals surface area contributed by atoms with Gasteiger partial charge in [-0.2, -0.15) is 0 Å². The summed E-state index contributed by atoms with van der Waals surface area (Å²) in [5.74, 6) is 0.233. The number of benzene rings is 4. The van der Waals surface area contributed by atoms with Crippen LogP contribution in [0.4, 0.5) is 0 Å². The van der Waals surface area contributed by atoms with Crippen molar-refractivity contribution in [2.75, 3.05) is 0 Å². The Bertz CT molecular complexity index is 1500. The van der Waals surface area contributed by atoms with Gasteiger partial charge in [0.15, 0.2) is 5.78 Å². The van der Waals surface area contributed by atoms with Crippen molar-refractivity contribution in [1.82, 2.24) is 5.32 Å². The van der Waals surface area contributed by atoms with Crippen LogP contribution in [0.25, 0.3) is 0 Å². The molecule has 0 saturated carbocycles. The Hall–Kier alpha value is -4.91. The summed E-state index contributed by atoms with van der Waals surface area (Å²) < 4.78 is 11.7. The lowest BCUT2D eigenvalue weighted by Gasteiger charge is -2.24. The summed E-state index contributed by atoms with van der Waals surface area (Å²) in [7, 11) is 0. The molecule has 0 fully saturated rings. The molecule has 1 radical (unpaired) electrons. The fourth-order valence-electron chi connectivity index (χ4n) is 4.49. The first-order valence-electron chi connectivity index (χ1n) is 14.7. The van der Waals surface area contributed by atoms with Gasteiger partial charge in [0.1, 0.15) is 24.7 Å². The second kappa shape index (κ2) is 15.5. The predicted octanol–water partition coefficient (Wildman–Crippen LogP) is 5.79. The van der Waals surface area contributed by atoms with Crippen molar-refractivity contribution >= 4 is 17.6 Å². The number of nitrogens with two attached hydrogens (primary N) is 1. The van der Waals surface area contributed by atoms with E-state index in [1.807, 2.05) is 109 Å². The van der Waals surface area contributed by atoms with Crippen LogP contribution in [0.2, 0.25) is 0 Å². The van der Waals surface area contributed by atoms with Crippen LogP contribution < -0.4 is 20.5 Å². The first-order chi connectivity index (χ1) is 21.2. The molecule has 0 aliphatic heterocycles. The van der Waals surface area contributed by atoms with Crippen molar-refractivity contribution in [2.45, 2.75) is 52.4 Å². The molecule has 227 valence electrons. The molecule has 0 spiro atoms. The third kappa shape index (κ3) is 10.1. The molecular formula is C37H39N2O5. The van der Waals surface area contributed by atoms with E-state index in [4.69, 9.17) is 15.2 Å². The largest absolute Gasteiger partial charge is 0.489 e. The fraction of sp³-hybridized carbons (Fsp3) is 0.243. The fourth-order valence-corrected chi connectivity index (χ4v) is 4.49. The van der Waals surface area contributed by atoms with E-state index in [0.717, 1.165) is 28.0 Å². The zero-order chi connectivity index (χ0) is 31.4. The number of carbonyl (C=O) groups excluding carboxylic acids is 3. The number of amides is 2. The molecule has 0 aliphatic rings. The van der Waals surface area contributed by atoms with Crippen LogP contribution >= 0.6 is 0 Å². The molecule has 0 saturated heterocycles. The van der Waals surface area contributed by atoms with Crippen LogP contribution in [-0.4, -0.2) is 23.6 Å². The SMILES string of the molecule is CC(C)(CC(=O)C(Cc1ccc(OCc2ccccc2)cc1)NC(=O)[CH]Cc1ccc(OCc2ccccc2)cc1)C(N)=O. The number of Topliss-reactive ketones (excluding diaryl/α,β-unsaturated/α-hetero) is 1. The van der Waals surface area contributed by atoms with Crippen LogP contribution in [0.3, 0.4) is 0 Å². The van der Waals surface area contributed by atoms with E-state index >= 15 is 0 Å². The average Bonchev–Trinajstić information content (AvgIpc) is 3.03. The number of carbonyl (C=O) groups is 3. The van der Waals surface area contributed by atoms with Gasteiger partial charge in [-0.05, 0) is 59.4 Å². The van der Waals surface area contributed by atoms with Crippen molar-refractivity contribution < 1.29 is 23.9 Å². The molecule has 44 heavy (non-hydrogen) atoms. The number of ketones is 1. The number of nitrogens with one attached hydrogen (secondary N) is 1. The number of rotatable bonds is 16. The molecule has 1 atom stereocenters. The van der Waals surface area contributed by atoms with E-state index in [1.54, 1.807) is 13.8 Å². The highest BCUT2D eigenvalue weighted by molar-refractivity contribution is 5.95. The Morgan fingerprint density at radius 3 is 1.66 bits per heavy atom. The van der Waals surface area contributed by atoms with Gasteiger partial charge in [-0.1, -0.05) is 98.8 Å². The van der Waals surface area contributed by atoms with Crippen LogP contribution in [0.5, 0.6) is 11.5 Å². The van der Waals surface area contributed by atoms with E-state index in [1.165, 1.54) is 6.42 Å². The van der Waals surface area contributed by atoms with Crippen molar-refractivity contribution in [3.63, 3.8) is 0 Å². The Labute approximate surface area is 259 Å². The molecule has 0 aromatic heterocycles. The van der Waals surface area contributed by atoms with E-state index in [9.17, 15) is 14.4 Å². The number of hydrogen-bond donors (Lipinski definition) is 2. The minimum atomic E-state index is -1.04. The summed E-state index contributed by atoms with van der Waals surface area (Å²) in [5.41, 5.74) is 8.40. The minimum Gasteiger partial charge on any atom is -0.489 e. The molecule has 3 N–H and O–H groups in total. The molecular weight excluding hydrogens is 552 g/mol. The Kier molecular flexibility index (Phi) is 11.3. The van der Waals surface area contributed by atoms with E-state index in [-0.39, 0.29) is 24.5 Å². The average molecular weight is 592 g/mol. The number of hydrogen-bond acceptors (Lipinski definition) is 5. The maximum atomic E-state index is 13.3. The second-order valence-corrected chi connectivity index (χ2v) is 11.4. The lowest BCUT2D eigenvalue weighted by molar-refractivity contribution is -0.133. The predicted molar refractivity (Wildman–Crippen MR) is 171 cm³/mol. The van der Waals surface area contributed by atoms with Crippen molar-refractivity contribution in [3.8, 4) is 11.5 Å². The summed E-state index contributed by atoms with van der Waals surface area (Å²) >= 11 is 0. The van der Waals surface area contributed by atoms with Crippen LogP contribution in [0.15, 0.2) is 109 Å². The van der Waals surface area contributed by atoms with E-state index in [2.05, 4.69) is 5.32 Å². The summed E-state index contributed by atoms with van der Waals surface area (Å²) in [6, 6.07) is 33.9. The highest BCUT2D eigenvalue weighted by atomic mass is 16.5. The Morgan fingerprint density at radius 2 is 1.18 bits per heavy atom. The lowest BCUT2D eigenvalue weighted by atomic mass is 9.84. The van der Waals surface area contributed by atoms with Gasteiger partial charge in [0, 0.05) is 6.42 Å². The van der Waals surface area contributed by atoms with Gasteiger partial charge in [0.05, 0.1) is 17.9 Å². The zero-order valence-corrected chi connectivity index (χ0v) is 25.2. The minimum absolute atomic E-state index is 0.0873. The van der Waals surface area contributed by atoms with Gasteiger partial charge in [0.25, 0.3) is 0 Å². The molecule has 4 aromatic carbocycles. The summed E-state index contributed by atoms with van der Waals surface area (Å²) in [6.07, 6.45) is 2.07. The van der Waals surface area contributed by atoms with Gasteiger partial charge >= 0.3 is 0 Å². The van der Waals surface area contributed by atoms with Gasteiger partial charge in [0.2, 0.25) is 11.8 Å². The summed E-state index contributed by atoms with van der Waals surface area (Å²) in [4.78, 5) is 38.2. The Morgan fingerprint density at radius 1 is 0.705 bits per heavy atom. The van der Waals surface area contributed by atoms with Crippen molar-refractivity contribution in [3.05, 3.63) is 138 Å². The summed E-state index contributed by atoms with van der Waals surface area (Å²) in [5, 5.41) is 2.86. The van der Waals surface area contributed by atoms with Crippen LogP contribution in [-0.2, 0) is 40.4 Å². The van der Waals surface area contributed by atoms with Crippen LogP contribution in [0, 0.1) is 11.8 Å². The number of ether oxygens (including phenoxy) is 2. The highest BCUT2D eigenvalue weighted by Crippen LogP contribution is 2.23. The van der Waals surface area contributed by atoms with Gasteiger partial charge in [-0.15, -0.1) is 0 Å². The smallest absolute Gasteiger partial charge is 0.224 e. The van der Waals surface area contributed by atoms with E-state index < -0.39 is 17.4 Å². The van der Waals surface area contributed by atoms with Gasteiger partial charge in [-0.25, -0.2) is 0 Å². The molecule has 2 amide bonds. The normalized spacial score (nSPS) is 11.8. The Balaban J connectivity index is 1.33. The van der Waals surface area contributed by atoms with Gasteiger partial charge in [-0.3, -0.25) is 14.4 Å². The number of primary amides is 1. The first kappa shape index (κ1) is 32.0. The topological polar surface area (TPSA) is 108 Å². The molecule has 4 aromatic rings. The molecule has 7 heteroatoms. The highest BCUT2D eigenvalue weighted by Gasteiger charge is 2.32. The molecule has 1 unspecified atom stereocenters. The molecule has 0 heterocycles. The quantitative estimate of drug-likeness (QED) is 0.172. The van der Waals surface area contributed by atoms with Crippen molar-refractivity contribution in [2.24, 2.45) is 11.1 Å². The van der Waals surface area contributed by atoms with Gasteiger partial charge < -0.3 is 20.5 Å². The molecule has 7 nitrogen and oxygen atoms in total. The summed E-state index contributed by atoms with van der Waals surface area (Å²) in [6.45, 7) is 4.17. The maximum absolute atomic E-state index is 13.3. The van der Waals surface area contributed by atoms with E-state index in [0.29, 0.717) is 25.4 Å². The third-order valence-electron chi connectivity index (χ3n) is 7.29. The monoisotopic (exact) mass is 591 g/mol. The lowest BCUT2D eigenvalue weighted by Crippen LogP contribution is -2.45. The third-order valence-corrected chi connectivity index (χ3v) is 7.29. The van der Waals surface area contributed by atoms with Crippen LogP contribution in [0.1, 0.15) is 42.5 Å². The first-order valence-corrected chi connectivity index (χ1v) is 14.7.